The Balaban J connectivity index is 1.49. The van der Waals surface area contributed by atoms with Crippen molar-refractivity contribution in [2.24, 2.45) is 0 Å². The summed E-state index contributed by atoms with van der Waals surface area (Å²) in [5.74, 6) is -0.326. The molecule has 4 aromatic rings. The summed E-state index contributed by atoms with van der Waals surface area (Å²) in [5.41, 5.74) is 4.31. The largest absolute Gasteiger partial charge is 0.378 e. The van der Waals surface area contributed by atoms with Crippen LogP contribution >= 0.6 is 15.9 Å². The van der Waals surface area contributed by atoms with Gasteiger partial charge in [-0.15, -0.1) is 0 Å². The van der Waals surface area contributed by atoms with Crippen LogP contribution in [0.25, 0.3) is 22.2 Å². The first kappa shape index (κ1) is 20.9. The molecule has 1 fully saturated rings. The number of hydrogen-bond acceptors (Lipinski definition) is 4. The number of morpholine rings is 1. The SMILES string of the molecule is CC(c1ccc(F)c(Br)c1)n1ccc(-c2c[nH]c3ncc(N4CCOCC4)cc23)cc1=O. The molecule has 1 aliphatic rings. The molecule has 0 radical (unpaired) electrons. The highest BCUT2D eigenvalue weighted by molar-refractivity contribution is 9.10. The van der Waals surface area contributed by atoms with Crippen LogP contribution in [0.15, 0.2) is 64.3 Å². The topological polar surface area (TPSA) is 63.1 Å². The number of halogens is 2. The fraction of sp³-hybridized carbons (Fsp3) is 0.250. The number of rotatable bonds is 4. The number of benzene rings is 1. The zero-order chi connectivity index (χ0) is 22.2. The van der Waals surface area contributed by atoms with Gasteiger partial charge in [0.05, 0.1) is 35.6 Å². The Morgan fingerprint density at radius 2 is 2.00 bits per heavy atom. The zero-order valence-corrected chi connectivity index (χ0v) is 19.1. The van der Waals surface area contributed by atoms with Crippen LogP contribution in [0.5, 0.6) is 0 Å². The summed E-state index contributed by atoms with van der Waals surface area (Å²) in [6, 6.07) is 10.3. The van der Waals surface area contributed by atoms with Crippen molar-refractivity contribution in [3.05, 3.63) is 81.2 Å². The Labute approximate surface area is 192 Å². The van der Waals surface area contributed by atoms with Crippen molar-refractivity contribution in [1.29, 1.82) is 0 Å². The number of pyridine rings is 2. The summed E-state index contributed by atoms with van der Waals surface area (Å²) >= 11 is 3.22. The van der Waals surface area contributed by atoms with Gasteiger partial charge >= 0.3 is 0 Å². The molecule has 0 aliphatic carbocycles. The van der Waals surface area contributed by atoms with Crippen molar-refractivity contribution in [2.75, 3.05) is 31.2 Å². The number of hydrogen-bond donors (Lipinski definition) is 1. The molecule has 1 unspecified atom stereocenters. The molecule has 4 heterocycles. The van der Waals surface area contributed by atoms with E-state index in [0.717, 1.165) is 46.5 Å². The summed E-state index contributed by atoms with van der Waals surface area (Å²) < 4.78 is 21.1. The monoisotopic (exact) mass is 496 g/mol. The number of aromatic nitrogens is 3. The van der Waals surface area contributed by atoms with Crippen molar-refractivity contribution in [2.45, 2.75) is 13.0 Å². The van der Waals surface area contributed by atoms with Crippen molar-refractivity contribution in [3.8, 4) is 11.1 Å². The second-order valence-electron chi connectivity index (χ2n) is 7.90. The van der Waals surface area contributed by atoms with Crippen molar-refractivity contribution < 1.29 is 9.13 Å². The van der Waals surface area contributed by atoms with Gasteiger partial charge in [0.2, 0.25) is 0 Å². The Morgan fingerprint density at radius 3 is 2.75 bits per heavy atom. The first-order valence-corrected chi connectivity index (χ1v) is 11.3. The lowest BCUT2D eigenvalue weighted by molar-refractivity contribution is 0.122. The summed E-state index contributed by atoms with van der Waals surface area (Å²) in [4.78, 5) is 23.0. The minimum Gasteiger partial charge on any atom is -0.378 e. The standard InChI is InChI=1S/C24H22BrFN4O2/c1-15(16-2-3-22(26)21(25)10-16)30-5-4-17(11-23(30)31)20-14-28-24-19(20)12-18(13-27-24)29-6-8-32-9-7-29/h2-5,10-15H,6-9H2,1H3,(H,27,28). The van der Waals surface area contributed by atoms with E-state index in [1.807, 2.05) is 25.4 Å². The maximum Gasteiger partial charge on any atom is 0.251 e. The highest BCUT2D eigenvalue weighted by atomic mass is 79.9. The summed E-state index contributed by atoms with van der Waals surface area (Å²) in [6.45, 7) is 5.00. The van der Waals surface area contributed by atoms with Gasteiger partial charge in [0, 0.05) is 42.5 Å². The number of aromatic amines is 1. The molecule has 0 amide bonds. The average Bonchev–Trinajstić information content (AvgIpc) is 3.24. The smallest absolute Gasteiger partial charge is 0.251 e. The van der Waals surface area contributed by atoms with Crippen LogP contribution in [0.1, 0.15) is 18.5 Å². The van der Waals surface area contributed by atoms with Gasteiger partial charge in [-0.3, -0.25) is 4.79 Å². The summed E-state index contributed by atoms with van der Waals surface area (Å²) in [6.07, 6.45) is 5.55. The predicted molar refractivity (Wildman–Crippen MR) is 127 cm³/mol. The number of fused-ring (bicyclic) bond motifs is 1. The van der Waals surface area contributed by atoms with Gasteiger partial charge in [-0.05, 0) is 58.2 Å². The molecule has 32 heavy (non-hydrogen) atoms. The molecule has 0 spiro atoms. The van der Waals surface area contributed by atoms with Crippen LogP contribution in [0, 0.1) is 5.82 Å². The molecule has 1 aromatic carbocycles. The quantitative estimate of drug-likeness (QED) is 0.443. The molecule has 164 valence electrons. The Morgan fingerprint density at radius 1 is 1.19 bits per heavy atom. The lowest BCUT2D eigenvalue weighted by atomic mass is 10.1. The van der Waals surface area contributed by atoms with E-state index < -0.39 is 0 Å². The van der Waals surface area contributed by atoms with Gasteiger partial charge in [0.25, 0.3) is 5.56 Å². The predicted octanol–water partition coefficient (Wildman–Crippen LogP) is 4.74. The molecular weight excluding hydrogens is 475 g/mol. The van der Waals surface area contributed by atoms with Crippen molar-refractivity contribution in [3.63, 3.8) is 0 Å². The van der Waals surface area contributed by atoms with Gasteiger partial charge in [0.1, 0.15) is 11.5 Å². The van der Waals surface area contributed by atoms with E-state index >= 15 is 0 Å². The minimum atomic E-state index is -0.326. The van der Waals surface area contributed by atoms with E-state index in [0.29, 0.717) is 17.7 Å². The molecule has 5 rings (SSSR count). The van der Waals surface area contributed by atoms with Crippen LogP contribution in [-0.4, -0.2) is 40.8 Å². The average molecular weight is 497 g/mol. The van der Waals surface area contributed by atoms with Gasteiger partial charge in [-0.1, -0.05) is 6.07 Å². The van der Waals surface area contributed by atoms with E-state index in [1.165, 1.54) is 6.07 Å². The van der Waals surface area contributed by atoms with Crippen LogP contribution < -0.4 is 10.5 Å². The molecule has 6 nitrogen and oxygen atoms in total. The molecule has 3 aromatic heterocycles. The van der Waals surface area contributed by atoms with E-state index in [2.05, 4.69) is 36.9 Å². The number of ether oxygens (including phenoxy) is 1. The van der Waals surface area contributed by atoms with Gasteiger partial charge < -0.3 is 19.2 Å². The lowest BCUT2D eigenvalue weighted by Gasteiger charge is -2.28. The fourth-order valence-electron chi connectivity index (χ4n) is 4.14. The van der Waals surface area contributed by atoms with Crippen LogP contribution in [0.4, 0.5) is 10.1 Å². The summed E-state index contributed by atoms with van der Waals surface area (Å²) in [7, 11) is 0. The zero-order valence-electron chi connectivity index (χ0n) is 17.5. The van der Waals surface area contributed by atoms with Gasteiger partial charge in [0.15, 0.2) is 0 Å². The molecule has 8 heteroatoms. The van der Waals surface area contributed by atoms with Gasteiger partial charge in [-0.2, -0.15) is 0 Å². The highest BCUT2D eigenvalue weighted by Gasteiger charge is 2.16. The third-order valence-electron chi connectivity index (χ3n) is 6.00. The molecule has 1 aliphatic heterocycles. The Bertz CT molecular complexity index is 1340. The molecule has 1 saturated heterocycles. The van der Waals surface area contributed by atoms with Crippen LogP contribution in [0.2, 0.25) is 0 Å². The maximum absolute atomic E-state index is 13.6. The van der Waals surface area contributed by atoms with Gasteiger partial charge in [-0.25, -0.2) is 9.37 Å². The minimum absolute atomic E-state index is 0.123. The number of nitrogens with one attached hydrogen (secondary N) is 1. The first-order valence-electron chi connectivity index (χ1n) is 10.5. The third kappa shape index (κ3) is 3.84. The van der Waals surface area contributed by atoms with E-state index in [1.54, 1.807) is 29.0 Å². The lowest BCUT2D eigenvalue weighted by Crippen LogP contribution is -2.36. The molecule has 1 atom stereocenters. The number of anilines is 1. The molecule has 1 N–H and O–H groups in total. The van der Waals surface area contributed by atoms with E-state index in [4.69, 9.17) is 4.74 Å². The van der Waals surface area contributed by atoms with Crippen LogP contribution in [-0.2, 0) is 4.74 Å². The molecular formula is C24H22BrFN4O2. The normalized spacial score (nSPS) is 15.3. The Kier molecular flexibility index (Phi) is 5.57. The first-order chi connectivity index (χ1) is 15.5. The molecule has 0 bridgehead atoms. The summed E-state index contributed by atoms with van der Waals surface area (Å²) in [5, 5.41) is 0.974. The van der Waals surface area contributed by atoms with E-state index in [9.17, 15) is 9.18 Å². The maximum atomic E-state index is 13.6. The number of H-pyrrole nitrogens is 1. The van der Waals surface area contributed by atoms with E-state index in [-0.39, 0.29) is 17.4 Å². The second kappa shape index (κ2) is 8.52. The second-order valence-corrected chi connectivity index (χ2v) is 8.76. The molecule has 0 saturated carbocycles. The number of nitrogens with zero attached hydrogens (tertiary/aromatic N) is 3. The Hall–Kier alpha value is -2.97. The highest BCUT2D eigenvalue weighted by Crippen LogP contribution is 2.30. The fourth-order valence-corrected chi connectivity index (χ4v) is 4.53. The van der Waals surface area contributed by atoms with Crippen molar-refractivity contribution in [1.82, 2.24) is 14.5 Å². The van der Waals surface area contributed by atoms with Crippen molar-refractivity contribution >= 4 is 32.7 Å². The van der Waals surface area contributed by atoms with Crippen LogP contribution in [0.3, 0.4) is 0 Å². The third-order valence-corrected chi connectivity index (χ3v) is 6.60.